The van der Waals surface area contributed by atoms with Gasteiger partial charge in [0.25, 0.3) is 0 Å². The van der Waals surface area contributed by atoms with Gasteiger partial charge in [-0.1, -0.05) is 6.92 Å². The highest BCUT2D eigenvalue weighted by molar-refractivity contribution is 5.83. The lowest BCUT2D eigenvalue weighted by Gasteiger charge is -2.16. The van der Waals surface area contributed by atoms with Gasteiger partial charge >= 0.3 is 0 Å². The Hall–Kier alpha value is -0.410. The van der Waals surface area contributed by atoms with E-state index in [4.69, 9.17) is 9.47 Å². The van der Waals surface area contributed by atoms with Crippen molar-refractivity contribution in [1.29, 1.82) is 0 Å². The van der Waals surface area contributed by atoms with E-state index in [1.807, 2.05) is 20.8 Å². The maximum Gasteiger partial charge on any atom is 0.164 e. The van der Waals surface area contributed by atoms with Crippen molar-refractivity contribution >= 4 is 5.78 Å². The van der Waals surface area contributed by atoms with Crippen molar-refractivity contribution in [2.45, 2.75) is 45.5 Å². The molecule has 1 aliphatic rings. The molecule has 1 heterocycles. The summed E-state index contributed by atoms with van der Waals surface area (Å²) >= 11 is 0. The third-order valence-corrected chi connectivity index (χ3v) is 1.86. The van der Waals surface area contributed by atoms with Crippen LogP contribution >= 0.6 is 0 Å². The molecule has 1 atom stereocenters. The van der Waals surface area contributed by atoms with E-state index < -0.39 is 5.79 Å². The van der Waals surface area contributed by atoms with Crippen molar-refractivity contribution < 1.29 is 14.3 Å². The molecule has 1 saturated heterocycles. The minimum absolute atomic E-state index is 0.156. The molecule has 1 unspecified atom stereocenters. The molecule has 12 heavy (non-hydrogen) atoms. The Bertz CT molecular complexity index is 175. The van der Waals surface area contributed by atoms with E-state index in [1.54, 1.807) is 0 Å². The molecule has 0 radical (unpaired) electrons. The number of ether oxygens (including phenoxy) is 2. The largest absolute Gasteiger partial charge is 0.347 e. The van der Waals surface area contributed by atoms with E-state index in [0.29, 0.717) is 13.0 Å². The molecular formula is C9H16O3. The fourth-order valence-corrected chi connectivity index (χ4v) is 1.25. The zero-order valence-corrected chi connectivity index (χ0v) is 7.92. The van der Waals surface area contributed by atoms with Gasteiger partial charge in [-0.25, -0.2) is 0 Å². The van der Waals surface area contributed by atoms with Gasteiger partial charge in [0, 0.05) is 6.42 Å². The van der Waals surface area contributed by atoms with Crippen LogP contribution in [0.2, 0.25) is 0 Å². The summed E-state index contributed by atoms with van der Waals surface area (Å²) in [6.07, 6.45) is 1.13. The first-order chi connectivity index (χ1) is 5.55. The minimum atomic E-state index is -0.575. The zero-order valence-electron chi connectivity index (χ0n) is 7.92. The van der Waals surface area contributed by atoms with Crippen molar-refractivity contribution in [3.63, 3.8) is 0 Å². The summed E-state index contributed by atoms with van der Waals surface area (Å²) in [5.74, 6) is -0.420. The van der Waals surface area contributed by atoms with Crippen molar-refractivity contribution in [2.24, 2.45) is 0 Å². The van der Waals surface area contributed by atoms with Crippen LogP contribution < -0.4 is 0 Å². The van der Waals surface area contributed by atoms with E-state index >= 15 is 0 Å². The number of rotatable bonds is 3. The Labute approximate surface area is 73.0 Å². The monoisotopic (exact) mass is 172 g/mol. The predicted octanol–water partition coefficient (Wildman–Crippen LogP) is 1.51. The van der Waals surface area contributed by atoms with Crippen LogP contribution in [0.3, 0.4) is 0 Å². The normalized spacial score (nSPS) is 27.4. The van der Waals surface area contributed by atoms with Gasteiger partial charge in [-0.2, -0.15) is 0 Å². The van der Waals surface area contributed by atoms with E-state index in [9.17, 15) is 4.79 Å². The summed E-state index contributed by atoms with van der Waals surface area (Å²) in [4.78, 5) is 11.3. The maximum atomic E-state index is 11.3. The van der Waals surface area contributed by atoms with Gasteiger partial charge in [-0.3, -0.25) is 4.79 Å². The Balaban J connectivity index is 2.41. The third-order valence-electron chi connectivity index (χ3n) is 1.86. The molecule has 0 aromatic heterocycles. The fraction of sp³-hybridized carbons (Fsp3) is 0.889. The van der Waals surface area contributed by atoms with Crippen molar-refractivity contribution in [3.8, 4) is 0 Å². The number of Topliss-reactive ketones (excluding diaryl/α,β-unsaturated/α-hetero) is 1. The smallest absolute Gasteiger partial charge is 0.164 e. The van der Waals surface area contributed by atoms with E-state index in [-0.39, 0.29) is 11.9 Å². The maximum absolute atomic E-state index is 11.3. The predicted molar refractivity (Wildman–Crippen MR) is 44.8 cm³/mol. The SMILES string of the molecule is CCCC(=O)C1COC(C)(C)O1. The van der Waals surface area contributed by atoms with Crippen LogP contribution in [-0.2, 0) is 14.3 Å². The third kappa shape index (κ3) is 2.29. The summed E-state index contributed by atoms with van der Waals surface area (Å²) in [7, 11) is 0. The first kappa shape index (κ1) is 9.68. The Morgan fingerprint density at radius 1 is 1.58 bits per heavy atom. The van der Waals surface area contributed by atoms with Crippen LogP contribution in [0.25, 0.3) is 0 Å². The van der Waals surface area contributed by atoms with Crippen molar-refractivity contribution in [1.82, 2.24) is 0 Å². The molecule has 0 amide bonds. The van der Waals surface area contributed by atoms with Crippen LogP contribution in [0, 0.1) is 0 Å². The second-order valence-electron chi connectivity index (χ2n) is 3.53. The van der Waals surface area contributed by atoms with Gasteiger partial charge < -0.3 is 9.47 Å². The number of ketones is 1. The number of carbonyl (C=O) groups is 1. The van der Waals surface area contributed by atoms with Gasteiger partial charge in [0.1, 0.15) is 6.10 Å². The molecular weight excluding hydrogens is 156 g/mol. The van der Waals surface area contributed by atoms with Gasteiger partial charge in [-0.15, -0.1) is 0 Å². The summed E-state index contributed by atoms with van der Waals surface area (Å²) in [6.45, 7) is 6.04. The number of hydrogen-bond donors (Lipinski definition) is 0. The van der Waals surface area contributed by atoms with E-state index in [2.05, 4.69) is 0 Å². The molecule has 0 aromatic carbocycles. The molecule has 0 aliphatic carbocycles. The molecule has 3 nitrogen and oxygen atoms in total. The van der Waals surface area contributed by atoms with Crippen LogP contribution in [0.4, 0.5) is 0 Å². The van der Waals surface area contributed by atoms with Crippen LogP contribution in [-0.4, -0.2) is 24.3 Å². The molecule has 1 aliphatic heterocycles. The summed E-state index contributed by atoms with van der Waals surface area (Å²) < 4.78 is 10.7. The molecule has 0 aromatic rings. The average molecular weight is 172 g/mol. The van der Waals surface area contributed by atoms with E-state index in [0.717, 1.165) is 6.42 Å². The molecule has 3 heteroatoms. The first-order valence-electron chi connectivity index (χ1n) is 4.39. The minimum Gasteiger partial charge on any atom is -0.347 e. The number of carbonyl (C=O) groups excluding carboxylic acids is 1. The molecule has 0 spiro atoms. The Kier molecular flexibility index (Phi) is 2.85. The molecule has 70 valence electrons. The molecule has 0 bridgehead atoms. The zero-order chi connectivity index (χ0) is 9.19. The van der Waals surface area contributed by atoms with Crippen LogP contribution in [0.5, 0.6) is 0 Å². The topological polar surface area (TPSA) is 35.5 Å². The molecule has 1 fully saturated rings. The molecule has 0 saturated carbocycles. The Morgan fingerprint density at radius 3 is 2.67 bits per heavy atom. The Morgan fingerprint density at radius 2 is 2.25 bits per heavy atom. The van der Waals surface area contributed by atoms with Gasteiger partial charge in [0.2, 0.25) is 0 Å². The summed E-state index contributed by atoms with van der Waals surface area (Å²) in [5.41, 5.74) is 0. The molecule has 0 N–H and O–H groups in total. The van der Waals surface area contributed by atoms with Crippen molar-refractivity contribution in [2.75, 3.05) is 6.61 Å². The lowest BCUT2D eigenvalue weighted by molar-refractivity contribution is -0.152. The van der Waals surface area contributed by atoms with E-state index in [1.165, 1.54) is 0 Å². The van der Waals surface area contributed by atoms with Gasteiger partial charge in [0.05, 0.1) is 6.61 Å². The lowest BCUT2D eigenvalue weighted by atomic mass is 10.1. The summed E-state index contributed by atoms with van der Waals surface area (Å²) in [6, 6.07) is 0. The summed E-state index contributed by atoms with van der Waals surface area (Å²) in [5, 5.41) is 0. The standard InChI is InChI=1S/C9H16O3/c1-4-5-7(10)8-6-11-9(2,3)12-8/h8H,4-6H2,1-3H3. The quantitative estimate of drug-likeness (QED) is 0.647. The highest BCUT2D eigenvalue weighted by atomic mass is 16.7. The second kappa shape index (κ2) is 3.54. The lowest BCUT2D eigenvalue weighted by Crippen LogP contribution is -2.26. The van der Waals surface area contributed by atoms with Crippen molar-refractivity contribution in [3.05, 3.63) is 0 Å². The van der Waals surface area contributed by atoms with Gasteiger partial charge in [-0.05, 0) is 20.3 Å². The second-order valence-corrected chi connectivity index (χ2v) is 3.53. The highest BCUT2D eigenvalue weighted by Gasteiger charge is 2.35. The van der Waals surface area contributed by atoms with Crippen LogP contribution in [0.15, 0.2) is 0 Å². The fourth-order valence-electron chi connectivity index (χ4n) is 1.25. The first-order valence-corrected chi connectivity index (χ1v) is 4.39. The highest BCUT2D eigenvalue weighted by Crippen LogP contribution is 2.23. The average Bonchev–Trinajstić information content (AvgIpc) is 2.31. The van der Waals surface area contributed by atoms with Gasteiger partial charge in [0.15, 0.2) is 11.6 Å². The van der Waals surface area contributed by atoms with Crippen LogP contribution in [0.1, 0.15) is 33.6 Å². The molecule has 1 rings (SSSR count). The number of hydrogen-bond acceptors (Lipinski definition) is 3.